The quantitative estimate of drug-likeness (QED) is 0.491. The van der Waals surface area contributed by atoms with Crippen molar-refractivity contribution in [2.24, 2.45) is 0 Å². The third-order valence-electron chi connectivity index (χ3n) is 4.20. The van der Waals surface area contributed by atoms with Crippen LogP contribution >= 0.6 is 11.3 Å². The van der Waals surface area contributed by atoms with Crippen molar-refractivity contribution in [2.75, 3.05) is 5.32 Å². The molecule has 0 radical (unpaired) electrons. The molecule has 0 spiro atoms. The largest absolute Gasteiger partial charge is 0.350 e. The number of hydrogen-bond donors (Lipinski definition) is 2. The Balaban J connectivity index is 1.53. The molecule has 0 fully saturated rings. The molecule has 8 heteroatoms. The zero-order valence-electron chi connectivity index (χ0n) is 15.2. The van der Waals surface area contributed by atoms with Crippen LogP contribution in [-0.4, -0.2) is 15.9 Å². The van der Waals surface area contributed by atoms with Crippen molar-refractivity contribution >= 4 is 33.4 Å². The lowest BCUT2D eigenvalue weighted by Crippen LogP contribution is -2.24. The highest BCUT2D eigenvalue weighted by Gasteiger charge is 2.16. The molecule has 0 bridgehead atoms. The van der Waals surface area contributed by atoms with Crippen LogP contribution in [0.3, 0.4) is 0 Å². The van der Waals surface area contributed by atoms with E-state index in [1.165, 1.54) is 35.6 Å². The molecule has 0 saturated heterocycles. The van der Waals surface area contributed by atoms with E-state index in [4.69, 9.17) is 0 Å². The normalized spacial score (nSPS) is 10.8. The van der Waals surface area contributed by atoms with Crippen molar-refractivity contribution < 1.29 is 13.6 Å². The highest BCUT2D eigenvalue weighted by atomic mass is 32.1. The molecular formula is C21H16F2N4OS. The molecule has 0 saturated carbocycles. The van der Waals surface area contributed by atoms with E-state index in [1.54, 1.807) is 30.3 Å². The van der Waals surface area contributed by atoms with Crippen molar-refractivity contribution in [1.29, 1.82) is 0 Å². The molecule has 0 aliphatic carbocycles. The number of amides is 1. The summed E-state index contributed by atoms with van der Waals surface area (Å²) in [6.45, 7) is 0.497. The van der Waals surface area contributed by atoms with Crippen molar-refractivity contribution in [3.8, 4) is 0 Å². The fraction of sp³-hybridized carbons (Fsp3) is 0.0952. The van der Waals surface area contributed by atoms with Crippen LogP contribution in [0.4, 0.5) is 14.7 Å². The Labute approximate surface area is 169 Å². The van der Waals surface area contributed by atoms with Crippen molar-refractivity contribution in [3.63, 3.8) is 0 Å². The third kappa shape index (κ3) is 4.55. The van der Waals surface area contributed by atoms with Crippen LogP contribution in [0.25, 0.3) is 10.2 Å². The molecule has 2 N–H and O–H groups in total. The van der Waals surface area contributed by atoms with Crippen molar-refractivity contribution in [2.45, 2.75) is 13.1 Å². The summed E-state index contributed by atoms with van der Waals surface area (Å²) in [5.74, 6) is -0.784. The summed E-state index contributed by atoms with van der Waals surface area (Å²) in [7, 11) is 0. The van der Waals surface area contributed by atoms with Gasteiger partial charge < -0.3 is 10.6 Å². The second kappa shape index (κ2) is 8.32. The molecule has 2 heterocycles. The molecule has 0 aliphatic rings. The van der Waals surface area contributed by atoms with Crippen LogP contribution < -0.4 is 10.6 Å². The van der Waals surface area contributed by atoms with Gasteiger partial charge in [-0.05, 0) is 46.8 Å². The summed E-state index contributed by atoms with van der Waals surface area (Å²) < 4.78 is 27.3. The lowest BCUT2D eigenvalue weighted by atomic mass is 10.2. The van der Waals surface area contributed by atoms with Gasteiger partial charge >= 0.3 is 0 Å². The van der Waals surface area contributed by atoms with E-state index in [2.05, 4.69) is 20.6 Å². The number of benzene rings is 2. The smallest absolute Gasteiger partial charge is 0.271 e. The number of anilines is 1. The predicted molar refractivity (Wildman–Crippen MR) is 109 cm³/mol. The topological polar surface area (TPSA) is 66.9 Å². The maximum absolute atomic E-state index is 13.3. The molecule has 2 aromatic heterocycles. The number of nitrogens with zero attached hydrogens (tertiary/aromatic N) is 2. The lowest BCUT2D eigenvalue weighted by molar-refractivity contribution is 0.0948. The molecule has 0 atom stereocenters. The first-order chi connectivity index (χ1) is 14.1. The Hall–Kier alpha value is -3.39. The molecule has 2 aromatic carbocycles. The van der Waals surface area contributed by atoms with Gasteiger partial charge in [-0.15, -0.1) is 11.3 Å². The maximum atomic E-state index is 13.3. The van der Waals surface area contributed by atoms with Gasteiger partial charge in [0.15, 0.2) is 5.69 Å². The first-order valence-corrected chi connectivity index (χ1v) is 9.72. The Morgan fingerprint density at radius 2 is 1.62 bits per heavy atom. The number of carbonyl (C=O) groups is 1. The number of fused-ring (bicyclic) bond motifs is 1. The summed E-state index contributed by atoms with van der Waals surface area (Å²) in [6, 6.07) is 14.0. The average molecular weight is 410 g/mol. The number of carbonyl (C=O) groups excluding carboxylic acids is 1. The van der Waals surface area contributed by atoms with Crippen molar-refractivity contribution in [3.05, 3.63) is 88.4 Å². The summed E-state index contributed by atoms with van der Waals surface area (Å²) in [4.78, 5) is 21.5. The van der Waals surface area contributed by atoms with Gasteiger partial charge in [-0.1, -0.05) is 24.3 Å². The van der Waals surface area contributed by atoms with Crippen LogP contribution in [0, 0.1) is 11.6 Å². The van der Waals surface area contributed by atoms with Crippen LogP contribution in [-0.2, 0) is 13.1 Å². The van der Waals surface area contributed by atoms with E-state index in [0.29, 0.717) is 22.3 Å². The number of thiophene rings is 1. The van der Waals surface area contributed by atoms with E-state index in [0.717, 1.165) is 5.56 Å². The minimum absolute atomic E-state index is 0.180. The molecule has 1 amide bonds. The Morgan fingerprint density at radius 1 is 0.931 bits per heavy atom. The molecule has 0 unspecified atom stereocenters. The number of rotatable bonds is 6. The summed E-state index contributed by atoms with van der Waals surface area (Å²) in [5.41, 5.74) is 2.26. The van der Waals surface area contributed by atoms with E-state index >= 15 is 0 Å². The van der Waals surface area contributed by atoms with Gasteiger partial charge in [0.25, 0.3) is 5.91 Å². The monoisotopic (exact) mass is 410 g/mol. The number of halogens is 2. The summed E-state index contributed by atoms with van der Waals surface area (Å²) >= 11 is 1.37. The van der Waals surface area contributed by atoms with Gasteiger partial charge in [0.2, 0.25) is 5.95 Å². The van der Waals surface area contributed by atoms with Gasteiger partial charge in [0, 0.05) is 13.1 Å². The molecule has 4 aromatic rings. The average Bonchev–Trinajstić information content (AvgIpc) is 3.18. The minimum Gasteiger partial charge on any atom is -0.350 e. The van der Waals surface area contributed by atoms with E-state index < -0.39 is 0 Å². The summed E-state index contributed by atoms with van der Waals surface area (Å²) in [5, 5.41) is 7.63. The lowest BCUT2D eigenvalue weighted by Gasteiger charge is -2.09. The molecule has 29 heavy (non-hydrogen) atoms. The van der Waals surface area contributed by atoms with E-state index in [1.807, 2.05) is 5.38 Å². The molecule has 146 valence electrons. The zero-order chi connectivity index (χ0) is 20.2. The highest BCUT2D eigenvalue weighted by molar-refractivity contribution is 7.17. The maximum Gasteiger partial charge on any atom is 0.271 e. The number of nitrogens with one attached hydrogen (secondary N) is 2. The second-order valence-electron chi connectivity index (χ2n) is 6.33. The number of hydrogen-bond acceptors (Lipinski definition) is 5. The SMILES string of the molecule is O=C(NCc1cccc(F)c1)c1nc(NCc2cccc(F)c2)nc2ccsc12. The molecule has 0 aliphatic heterocycles. The standard InChI is InChI=1S/C21H16F2N4OS/c22-15-5-1-3-13(9-15)11-24-20(28)18-19-17(7-8-29-19)26-21(27-18)25-12-14-4-2-6-16(23)10-14/h1-10H,11-12H2,(H,24,28)(H,25,26,27). The minimum atomic E-state index is -0.377. The molecule has 5 nitrogen and oxygen atoms in total. The van der Waals surface area contributed by atoms with Gasteiger partial charge in [0.1, 0.15) is 11.6 Å². The van der Waals surface area contributed by atoms with Gasteiger partial charge in [-0.25, -0.2) is 18.7 Å². The Kier molecular flexibility index (Phi) is 5.44. The molecular weight excluding hydrogens is 394 g/mol. The van der Waals surface area contributed by atoms with Crippen LogP contribution in [0.1, 0.15) is 21.6 Å². The zero-order valence-corrected chi connectivity index (χ0v) is 16.0. The molecule has 4 rings (SSSR count). The van der Waals surface area contributed by atoms with Crippen LogP contribution in [0.15, 0.2) is 60.0 Å². The third-order valence-corrected chi connectivity index (χ3v) is 5.11. The van der Waals surface area contributed by atoms with Crippen molar-refractivity contribution in [1.82, 2.24) is 15.3 Å². The summed E-state index contributed by atoms with van der Waals surface area (Å²) in [6.07, 6.45) is 0. The Bertz CT molecular complexity index is 1180. The van der Waals surface area contributed by atoms with Gasteiger partial charge in [-0.2, -0.15) is 0 Å². The number of aromatic nitrogens is 2. The predicted octanol–water partition coefficient (Wildman–Crippen LogP) is 4.51. The highest BCUT2D eigenvalue weighted by Crippen LogP contribution is 2.24. The first kappa shape index (κ1) is 18.9. The Morgan fingerprint density at radius 3 is 2.31 bits per heavy atom. The van der Waals surface area contributed by atoms with E-state index in [9.17, 15) is 13.6 Å². The fourth-order valence-corrected chi connectivity index (χ4v) is 3.65. The second-order valence-corrected chi connectivity index (χ2v) is 7.24. The fourth-order valence-electron chi connectivity index (χ4n) is 2.84. The first-order valence-electron chi connectivity index (χ1n) is 8.85. The van der Waals surface area contributed by atoms with Crippen LogP contribution in [0.2, 0.25) is 0 Å². The van der Waals surface area contributed by atoms with Gasteiger partial charge in [0.05, 0.1) is 10.2 Å². The van der Waals surface area contributed by atoms with Crippen LogP contribution in [0.5, 0.6) is 0 Å². The van der Waals surface area contributed by atoms with E-state index in [-0.39, 0.29) is 35.7 Å². The van der Waals surface area contributed by atoms with Gasteiger partial charge in [-0.3, -0.25) is 4.79 Å².